The first-order valence-electron chi connectivity index (χ1n) is 6.16. The molecule has 0 fully saturated rings. The van der Waals surface area contributed by atoms with E-state index >= 15 is 0 Å². The van der Waals surface area contributed by atoms with Crippen LogP contribution in [0.25, 0.3) is 0 Å². The lowest BCUT2D eigenvalue weighted by Crippen LogP contribution is -2.25. The van der Waals surface area contributed by atoms with Crippen molar-refractivity contribution in [3.63, 3.8) is 0 Å². The standard InChI is InChI=1S/C14H23ClN2O/c1-9-5-12(16)11(15)6-13(9)17-8-10(18)7-14(2,3)4/h5-6,10,17-18H,7-8,16H2,1-4H3. The van der Waals surface area contributed by atoms with Gasteiger partial charge in [0.25, 0.3) is 0 Å². The van der Waals surface area contributed by atoms with Gasteiger partial charge in [0, 0.05) is 12.2 Å². The van der Waals surface area contributed by atoms with E-state index in [1.54, 1.807) is 6.07 Å². The van der Waals surface area contributed by atoms with Crippen LogP contribution < -0.4 is 11.1 Å². The predicted octanol–water partition coefficient (Wildman–Crippen LogP) is 3.44. The van der Waals surface area contributed by atoms with Crippen molar-refractivity contribution in [3.8, 4) is 0 Å². The fourth-order valence-corrected chi connectivity index (χ4v) is 2.06. The lowest BCUT2D eigenvalue weighted by Gasteiger charge is -2.23. The number of aliphatic hydroxyl groups excluding tert-OH is 1. The maximum atomic E-state index is 9.94. The third-order valence-corrected chi connectivity index (χ3v) is 3.05. The van der Waals surface area contributed by atoms with Gasteiger partial charge in [-0.3, -0.25) is 0 Å². The molecule has 102 valence electrons. The van der Waals surface area contributed by atoms with Gasteiger partial charge in [-0.05, 0) is 36.5 Å². The van der Waals surface area contributed by atoms with Gasteiger partial charge in [0.2, 0.25) is 0 Å². The van der Waals surface area contributed by atoms with Gasteiger partial charge in [-0.1, -0.05) is 32.4 Å². The first-order chi connectivity index (χ1) is 8.19. The molecule has 0 amide bonds. The fraction of sp³-hybridized carbons (Fsp3) is 0.571. The van der Waals surface area contributed by atoms with Crippen molar-refractivity contribution < 1.29 is 5.11 Å². The molecule has 0 aromatic heterocycles. The minimum absolute atomic E-state index is 0.120. The highest BCUT2D eigenvalue weighted by atomic mass is 35.5. The maximum Gasteiger partial charge on any atom is 0.0717 e. The predicted molar refractivity (Wildman–Crippen MR) is 79.2 cm³/mol. The first-order valence-corrected chi connectivity index (χ1v) is 6.54. The monoisotopic (exact) mass is 270 g/mol. The van der Waals surface area contributed by atoms with Crippen molar-refractivity contribution in [2.75, 3.05) is 17.6 Å². The summed E-state index contributed by atoms with van der Waals surface area (Å²) in [7, 11) is 0. The number of anilines is 2. The van der Waals surface area contributed by atoms with Crippen LogP contribution in [-0.2, 0) is 0 Å². The highest BCUT2D eigenvalue weighted by molar-refractivity contribution is 6.33. The molecule has 0 spiro atoms. The molecule has 0 saturated heterocycles. The average molecular weight is 271 g/mol. The van der Waals surface area contributed by atoms with Gasteiger partial charge < -0.3 is 16.2 Å². The lowest BCUT2D eigenvalue weighted by molar-refractivity contribution is 0.132. The molecule has 0 aliphatic heterocycles. The van der Waals surface area contributed by atoms with Gasteiger partial charge in [0.05, 0.1) is 16.8 Å². The van der Waals surface area contributed by atoms with E-state index in [9.17, 15) is 5.11 Å². The third-order valence-electron chi connectivity index (χ3n) is 2.72. The Morgan fingerprint density at radius 1 is 1.39 bits per heavy atom. The Labute approximate surface area is 114 Å². The average Bonchev–Trinajstić information content (AvgIpc) is 2.19. The van der Waals surface area contributed by atoms with Crippen LogP contribution in [0, 0.1) is 12.3 Å². The van der Waals surface area contributed by atoms with Crippen LogP contribution in [0.5, 0.6) is 0 Å². The Kier molecular flexibility index (Phi) is 4.88. The summed E-state index contributed by atoms with van der Waals surface area (Å²) >= 11 is 5.98. The molecule has 18 heavy (non-hydrogen) atoms. The van der Waals surface area contributed by atoms with Crippen molar-refractivity contribution in [2.24, 2.45) is 5.41 Å². The zero-order valence-corrected chi connectivity index (χ0v) is 12.3. The minimum Gasteiger partial charge on any atom is -0.398 e. The summed E-state index contributed by atoms with van der Waals surface area (Å²) in [6.07, 6.45) is 0.377. The summed E-state index contributed by atoms with van der Waals surface area (Å²) in [4.78, 5) is 0. The largest absolute Gasteiger partial charge is 0.398 e. The number of nitrogens with two attached hydrogens (primary N) is 1. The smallest absolute Gasteiger partial charge is 0.0717 e. The van der Waals surface area contributed by atoms with Crippen molar-refractivity contribution in [2.45, 2.75) is 40.2 Å². The molecule has 1 rings (SSSR count). The molecule has 3 nitrogen and oxygen atoms in total. The molecule has 0 radical (unpaired) electrons. The Morgan fingerprint density at radius 3 is 2.56 bits per heavy atom. The molecule has 1 aromatic rings. The third kappa shape index (κ3) is 4.75. The van der Waals surface area contributed by atoms with Crippen LogP contribution in [0.1, 0.15) is 32.8 Å². The highest BCUT2D eigenvalue weighted by Gasteiger charge is 2.16. The van der Waals surface area contributed by atoms with Gasteiger partial charge in [0.15, 0.2) is 0 Å². The number of hydrogen-bond acceptors (Lipinski definition) is 3. The van der Waals surface area contributed by atoms with Gasteiger partial charge in [-0.15, -0.1) is 0 Å². The van der Waals surface area contributed by atoms with E-state index in [4.69, 9.17) is 17.3 Å². The van der Waals surface area contributed by atoms with Crippen molar-refractivity contribution in [1.82, 2.24) is 0 Å². The van der Waals surface area contributed by atoms with E-state index < -0.39 is 0 Å². The molecule has 1 atom stereocenters. The molecular weight excluding hydrogens is 248 g/mol. The highest BCUT2D eigenvalue weighted by Crippen LogP contribution is 2.27. The number of hydrogen-bond donors (Lipinski definition) is 3. The van der Waals surface area contributed by atoms with Crippen LogP contribution in [0.2, 0.25) is 5.02 Å². The van der Waals surface area contributed by atoms with Crippen molar-refractivity contribution >= 4 is 23.0 Å². The molecular formula is C14H23ClN2O. The topological polar surface area (TPSA) is 58.3 Å². The maximum absolute atomic E-state index is 9.94. The zero-order chi connectivity index (χ0) is 13.9. The van der Waals surface area contributed by atoms with E-state index in [0.717, 1.165) is 17.7 Å². The molecule has 0 aliphatic rings. The molecule has 0 bridgehead atoms. The second-order valence-corrected chi connectivity index (χ2v) is 6.40. The number of halogens is 1. The summed E-state index contributed by atoms with van der Waals surface area (Å²) < 4.78 is 0. The second kappa shape index (κ2) is 5.81. The molecule has 0 saturated carbocycles. The van der Waals surface area contributed by atoms with Crippen LogP contribution >= 0.6 is 11.6 Å². The quantitative estimate of drug-likeness (QED) is 0.735. The Morgan fingerprint density at radius 2 is 2.00 bits per heavy atom. The summed E-state index contributed by atoms with van der Waals surface area (Å²) in [5.41, 5.74) is 8.36. The SMILES string of the molecule is Cc1cc(N)c(Cl)cc1NCC(O)CC(C)(C)C. The van der Waals surface area contributed by atoms with Gasteiger partial charge in [-0.25, -0.2) is 0 Å². The second-order valence-electron chi connectivity index (χ2n) is 5.99. The molecule has 4 heteroatoms. The number of nitrogens with one attached hydrogen (secondary N) is 1. The van der Waals surface area contributed by atoms with E-state index in [1.165, 1.54) is 0 Å². The van der Waals surface area contributed by atoms with E-state index in [1.807, 2.05) is 13.0 Å². The summed E-state index contributed by atoms with van der Waals surface area (Å²) in [5.74, 6) is 0. The minimum atomic E-state index is -0.374. The van der Waals surface area contributed by atoms with Gasteiger partial charge >= 0.3 is 0 Å². The molecule has 4 N–H and O–H groups in total. The zero-order valence-electron chi connectivity index (χ0n) is 11.5. The summed E-state index contributed by atoms with van der Waals surface area (Å²) in [5, 5.41) is 13.7. The van der Waals surface area contributed by atoms with E-state index in [2.05, 4.69) is 26.1 Å². The normalized spacial score (nSPS) is 13.4. The number of benzene rings is 1. The lowest BCUT2D eigenvalue weighted by atomic mass is 9.89. The van der Waals surface area contributed by atoms with E-state index in [0.29, 0.717) is 17.3 Å². The molecule has 1 unspecified atom stereocenters. The molecule has 1 aromatic carbocycles. The summed E-state index contributed by atoms with van der Waals surface area (Å²) in [6.45, 7) is 8.81. The number of aryl methyl sites for hydroxylation is 1. The van der Waals surface area contributed by atoms with Crippen LogP contribution in [0.15, 0.2) is 12.1 Å². The van der Waals surface area contributed by atoms with Gasteiger partial charge in [0.1, 0.15) is 0 Å². The van der Waals surface area contributed by atoms with Crippen LogP contribution in [0.3, 0.4) is 0 Å². The van der Waals surface area contributed by atoms with Crippen molar-refractivity contribution in [3.05, 3.63) is 22.7 Å². The number of nitrogen functional groups attached to an aromatic ring is 1. The van der Waals surface area contributed by atoms with Crippen LogP contribution in [0.4, 0.5) is 11.4 Å². The van der Waals surface area contributed by atoms with Crippen molar-refractivity contribution in [1.29, 1.82) is 0 Å². The summed E-state index contributed by atoms with van der Waals surface area (Å²) in [6, 6.07) is 3.64. The fourth-order valence-electron chi connectivity index (χ4n) is 1.90. The number of aliphatic hydroxyl groups is 1. The molecule has 0 aliphatic carbocycles. The Hall–Kier alpha value is -0.930. The Balaban J connectivity index is 2.61. The Bertz CT molecular complexity index is 413. The molecule has 0 heterocycles. The number of rotatable bonds is 4. The van der Waals surface area contributed by atoms with E-state index in [-0.39, 0.29) is 11.5 Å². The van der Waals surface area contributed by atoms with Gasteiger partial charge in [-0.2, -0.15) is 0 Å². The van der Waals surface area contributed by atoms with Crippen LogP contribution in [-0.4, -0.2) is 17.8 Å². The first kappa shape index (κ1) is 15.1.